The summed E-state index contributed by atoms with van der Waals surface area (Å²) in [5.74, 6) is 0.983. The van der Waals surface area contributed by atoms with Crippen molar-refractivity contribution in [3.8, 4) is 0 Å². The Morgan fingerprint density at radius 2 is 2.11 bits per heavy atom. The van der Waals surface area contributed by atoms with Gasteiger partial charge in [0, 0.05) is 18.1 Å². The van der Waals surface area contributed by atoms with Crippen LogP contribution in [0.15, 0.2) is 24.3 Å². The number of halogens is 1. The Morgan fingerprint density at radius 3 is 2.72 bits per heavy atom. The Kier molecular flexibility index (Phi) is 5.62. The molecule has 3 nitrogen and oxygen atoms in total. The van der Waals surface area contributed by atoms with Gasteiger partial charge in [-0.15, -0.1) is 0 Å². The summed E-state index contributed by atoms with van der Waals surface area (Å²) in [5.41, 5.74) is 5.47. The van der Waals surface area contributed by atoms with E-state index in [0.29, 0.717) is 17.9 Å². The number of rotatable bonds is 6. The molecule has 0 heterocycles. The summed E-state index contributed by atoms with van der Waals surface area (Å²) < 4.78 is 13.3. The van der Waals surface area contributed by atoms with E-state index in [-0.39, 0.29) is 11.7 Å². The first-order valence-electron chi connectivity index (χ1n) is 5.79. The van der Waals surface area contributed by atoms with Crippen LogP contribution in [0.25, 0.3) is 0 Å². The number of carbonyl (C=O) groups excluding carboxylic acids is 1. The molecule has 1 aromatic rings. The lowest BCUT2D eigenvalue weighted by atomic mass is 10.1. The number of hydrogen-bond acceptors (Lipinski definition) is 3. The molecule has 1 rings (SSSR count). The summed E-state index contributed by atoms with van der Waals surface area (Å²) >= 11 is 1.58. The third-order valence-corrected chi connectivity index (χ3v) is 3.34. The van der Waals surface area contributed by atoms with Crippen LogP contribution < -0.4 is 11.1 Å². The first kappa shape index (κ1) is 15.0. The number of thioether (sulfide) groups is 1. The first-order valence-corrected chi connectivity index (χ1v) is 6.95. The smallest absolute Gasteiger partial charge is 0.239 e. The zero-order valence-corrected chi connectivity index (χ0v) is 11.5. The topological polar surface area (TPSA) is 55.1 Å². The Hall–Kier alpha value is -1.07. The van der Waals surface area contributed by atoms with Gasteiger partial charge < -0.3 is 11.1 Å². The minimum atomic E-state index is -0.851. The molecule has 0 unspecified atom stereocenters. The Bertz CT molecular complexity index is 404. The molecule has 5 heteroatoms. The van der Waals surface area contributed by atoms with E-state index in [2.05, 4.69) is 5.32 Å². The fourth-order valence-corrected chi connectivity index (χ4v) is 2.11. The summed E-state index contributed by atoms with van der Waals surface area (Å²) in [5, 5.41) is 2.74. The molecule has 0 saturated heterocycles. The third-order valence-electron chi connectivity index (χ3n) is 2.33. The third kappa shape index (κ3) is 5.06. The molecule has 3 N–H and O–H groups in total. The number of nitrogens with two attached hydrogens (primary N) is 1. The molecule has 1 amide bonds. The summed E-state index contributed by atoms with van der Waals surface area (Å²) in [4.78, 5) is 11.4. The second-order valence-electron chi connectivity index (χ2n) is 4.62. The van der Waals surface area contributed by atoms with Crippen LogP contribution in [0.4, 0.5) is 4.39 Å². The van der Waals surface area contributed by atoms with Gasteiger partial charge >= 0.3 is 0 Å². The summed E-state index contributed by atoms with van der Waals surface area (Å²) in [7, 11) is 0. The van der Waals surface area contributed by atoms with E-state index in [1.54, 1.807) is 37.7 Å². The predicted molar refractivity (Wildman–Crippen MR) is 73.8 cm³/mol. The zero-order valence-electron chi connectivity index (χ0n) is 10.7. The van der Waals surface area contributed by atoms with E-state index >= 15 is 0 Å². The highest BCUT2D eigenvalue weighted by molar-refractivity contribution is 7.98. The van der Waals surface area contributed by atoms with E-state index in [4.69, 9.17) is 5.73 Å². The highest BCUT2D eigenvalue weighted by Crippen LogP contribution is 2.14. The molecule has 0 aliphatic carbocycles. The van der Waals surface area contributed by atoms with Crippen molar-refractivity contribution in [2.24, 2.45) is 5.73 Å². The summed E-state index contributed by atoms with van der Waals surface area (Å²) in [6.45, 7) is 3.86. The van der Waals surface area contributed by atoms with Crippen molar-refractivity contribution in [2.45, 2.75) is 25.1 Å². The normalized spacial score (nSPS) is 11.3. The fraction of sp³-hybridized carbons (Fsp3) is 0.462. The molecule has 0 aliphatic rings. The first-order chi connectivity index (χ1) is 8.41. The largest absolute Gasteiger partial charge is 0.354 e. The maximum absolute atomic E-state index is 13.3. The van der Waals surface area contributed by atoms with Crippen LogP contribution in [0.1, 0.15) is 19.4 Å². The number of amides is 1. The van der Waals surface area contributed by atoms with E-state index in [1.165, 1.54) is 6.07 Å². The molecule has 100 valence electrons. The Morgan fingerprint density at radius 1 is 1.44 bits per heavy atom. The van der Waals surface area contributed by atoms with Crippen LogP contribution in [0.2, 0.25) is 0 Å². The van der Waals surface area contributed by atoms with Gasteiger partial charge in [0.1, 0.15) is 5.82 Å². The van der Waals surface area contributed by atoms with E-state index in [1.807, 2.05) is 6.07 Å². The highest BCUT2D eigenvalue weighted by Gasteiger charge is 2.20. The van der Waals surface area contributed by atoms with Gasteiger partial charge in [0.05, 0.1) is 5.54 Å². The lowest BCUT2D eigenvalue weighted by molar-refractivity contribution is -0.125. The zero-order chi connectivity index (χ0) is 13.6. The molecule has 0 radical (unpaired) electrons. The lowest BCUT2D eigenvalue weighted by Crippen LogP contribution is -2.49. The van der Waals surface area contributed by atoms with Gasteiger partial charge in [-0.2, -0.15) is 11.8 Å². The molecular weight excluding hydrogens is 251 g/mol. The molecule has 0 aliphatic heterocycles. The van der Waals surface area contributed by atoms with Crippen molar-refractivity contribution < 1.29 is 9.18 Å². The molecule has 18 heavy (non-hydrogen) atoms. The van der Waals surface area contributed by atoms with Crippen molar-refractivity contribution in [2.75, 3.05) is 12.3 Å². The van der Waals surface area contributed by atoms with Gasteiger partial charge in [-0.05, 0) is 25.5 Å². The summed E-state index contributed by atoms with van der Waals surface area (Å²) in [6.07, 6.45) is 0. The standard InChI is InChI=1S/C13H19FN2OS/c1-13(2,15)12(17)16-7-8-18-9-10-5-3-4-6-11(10)14/h3-6H,7-9,15H2,1-2H3,(H,16,17). The lowest BCUT2D eigenvalue weighted by Gasteiger charge is -2.17. The van der Waals surface area contributed by atoms with E-state index in [9.17, 15) is 9.18 Å². The van der Waals surface area contributed by atoms with Gasteiger partial charge in [-0.25, -0.2) is 4.39 Å². The van der Waals surface area contributed by atoms with E-state index in [0.717, 1.165) is 5.75 Å². The van der Waals surface area contributed by atoms with Crippen LogP contribution in [0, 0.1) is 5.82 Å². The monoisotopic (exact) mass is 270 g/mol. The van der Waals surface area contributed by atoms with E-state index < -0.39 is 5.54 Å². The molecule has 0 saturated carbocycles. The number of nitrogens with one attached hydrogen (secondary N) is 1. The van der Waals surface area contributed by atoms with Gasteiger partial charge in [-0.3, -0.25) is 4.79 Å². The molecule has 1 aromatic carbocycles. The molecular formula is C13H19FN2OS. The Balaban J connectivity index is 2.20. The van der Waals surface area contributed by atoms with Gasteiger partial charge in [0.15, 0.2) is 0 Å². The number of hydrogen-bond donors (Lipinski definition) is 2. The second kappa shape index (κ2) is 6.75. The van der Waals surface area contributed by atoms with Crippen LogP contribution >= 0.6 is 11.8 Å². The van der Waals surface area contributed by atoms with Crippen molar-refractivity contribution >= 4 is 17.7 Å². The van der Waals surface area contributed by atoms with Crippen molar-refractivity contribution in [1.82, 2.24) is 5.32 Å². The maximum Gasteiger partial charge on any atom is 0.239 e. The molecule has 0 fully saturated rings. The maximum atomic E-state index is 13.3. The average molecular weight is 270 g/mol. The van der Waals surface area contributed by atoms with Crippen LogP contribution in [-0.2, 0) is 10.5 Å². The molecule has 0 atom stereocenters. The van der Waals surface area contributed by atoms with Crippen molar-refractivity contribution in [1.29, 1.82) is 0 Å². The number of carbonyl (C=O) groups is 1. The minimum absolute atomic E-state index is 0.172. The number of benzene rings is 1. The fourth-order valence-electron chi connectivity index (χ4n) is 1.26. The SMILES string of the molecule is CC(C)(N)C(=O)NCCSCc1ccccc1F. The quantitative estimate of drug-likeness (QED) is 0.776. The van der Waals surface area contributed by atoms with Gasteiger partial charge in [-0.1, -0.05) is 18.2 Å². The summed E-state index contributed by atoms with van der Waals surface area (Å²) in [6, 6.07) is 6.71. The predicted octanol–water partition coefficient (Wildman–Crippen LogP) is 1.91. The van der Waals surface area contributed by atoms with Gasteiger partial charge in [0.25, 0.3) is 0 Å². The molecule has 0 spiro atoms. The van der Waals surface area contributed by atoms with Crippen molar-refractivity contribution in [3.05, 3.63) is 35.6 Å². The van der Waals surface area contributed by atoms with Crippen LogP contribution in [0.5, 0.6) is 0 Å². The van der Waals surface area contributed by atoms with Crippen LogP contribution in [0.3, 0.4) is 0 Å². The minimum Gasteiger partial charge on any atom is -0.354 e. The molecule has 0 bridgehead atoms. The highest BCUT2D eigenvalue weighted by atomic mass is 32.2. The Labute approximate surface area is 111 Å². The average Bonchev–Trinajstić information content (AvgIpc) is 2.29. The van der Waals surface area contributed by atoms with Gasteiger partial charge in [0.2, 0.25) is 5.91 Å². The van der Waals surface area contributed by atoms with Crippen LogP contribution in [-0.4, -0.2) is 23.7 Å². The second-order valence-corrected chi connectivity index (χ2v) is 5.73. The molecule has 0 aromatic heterocycles. The van der Waals surface area contributed by atoms with Crippen molar-refractivity contribution in [3.63, 3.8) is 0 Å².